The quantitative estimate of drug-likeness (QED) is 0.708. The molecule has 0 saturated carbocycles. The van der Waals surface area contributed by atoms with E-state index in [4.69, 9.17) is 10.5 Å². The van der Waals surface area contributed by atoms with E-state index in [-0.39, 0.29) is 11.7 Å². The van der Waals surface area contributed by atoms with Crippen molar-refractivity contribution < 1.29 is 4.74 Å². The molecule has 0 aliphatic carbocycles. The summed E-state index contributed by atoms with van der Waals surface area (Å²) in [5.41, 5.74) is 5.56. The molecule has 1 aromatic rings. The van der Waals surface area contributed by atoms with Crippen LogP contribution in [0.2, 0.25) is 0 Å². The fourth-order valence-corrected chi connectivity index (χ4v) is 0.903. The van der Waals surface area contributed by atoms with Crippen molar-refractivity contribution in [3.05, 3.63) is 22.6 Å². The van der Waals surface area contributed by atoms with Crippen molar-refractivity contribution in [1.29, 1.82) is 0 Å². The molecule has 1 heterocycles. The van der Waals surface area contributed by atoms with Crippen LogP contribution < -0.4 is 11.3 Å². The van der Waals surface area contributed by atoms with E-state index in [1.54, 1.807) is 7.11 Å². The number of nitrogen functional groups attached to an aromatic ring is 1. The van der Waals surface area contributed by atoms with Gasteiger partial charge in [0.25, 0.3) is 5.56 Å². The maximum Gasteiger partial charge on any atom is 0.268 e. The van der Waals surface area contributed by atoms with E-state index in [0.29, 0.717) is 12.2 Å². The Balaban J connectivity index is 2.84. The summed E-state index contributed by atoms with van der Waals surface area (Å²) in [5.74, 6) is 0. The molecule has 5 nitrogen and oxygen atoms in total. The van der Waals surface area contributed by atoms with Crippen LogP contribution >= 0.6 is 0 Å². The van der Waals surface area contributed by atoms with E-state index in [1.165, 1.54) is 16.9 Å². The molecule has 2 N–H and O–H groups in total. The number of aromatic nitrogens is 2. The number of rotatable bonds is 3. The van der Waals surface area contributed by atoms with Gasteiger partial charge in [-0.2, -0.15) is 5.10 Å². The molecule has 1 aromatic heterocycles. The highest BCUT2D eigenvalue weighted by molar-refractivity contribution is 5.31. The number of hydrogen-bond donors (Lipinski definition) is 1. The Morgan fingerprint density at radius 2 is 2.46 bits per heavy atom. The lowest BCUT2D eigenvalue weighted by Crippen LogP contribution is -2.27. The van der Waals surface area contributed by atoms with Crippen molar-refractivity contribution >= 4 is 5.69 Å². The summed E-state index contributed by atoms with van der Waals surface area (Å²) < 4.78 is 6.33. The first-order chi connectivity index (χ1) is 6.13. The molecule has 5 heteroatoms. The second-order valence-corrected chi connectivity index (χ2v) is 2.86. The second kappa shape index (κ2) is 4.04. The number of methoxy groups -OCH3 is 1. The zero-order chi connectivity index (χ0) is 9.84. The van der Waals surface area contributed by atoms with E-state index >= 15 is 0 Å². The lowest BCUT2D eigenvalue weighted by Gasteiger charge is -2.09. The molecule has 0 bridgehead atoms. The lowest BCUT2D eigenvalue weighted by atomic mass is 10.4. The molecule has 13 heavy (non-hydrogen) atoms. The molecule has 1 rings (SSSR count). The van der Waals surface area contributed by atoms with Crippen LogP contribution in [-0.2, 0) is 11.3 Å². The summed E-state index contributed by atoms with van der Waals surface area (Å²) in [7, 11) is 1.59. The van der Waals surface area contributed by atoms with Crippen LogP contribution in [0.5, 0.6) is 0 Å². The van der Waals surface area contributed by atoms with Gasteiger partial charge in [0, 0.05) is 13.2 Å². The van der Waals surface area contributed by atoms with Gasteiger partial charge in [0.2, 0.25) is 0 Å². The maximum absolute atomic E-state index is 11.3. The van der Waals surface area contributed by atoms with Crippen molar-refractivity contribution in [2.45, 2.75) is 19.6 Å². The third-order valence-corrected chi connectivity index (χ3v) is 1.72. The van der Waals surface area contributed by atoms with Gasteiger partial charge in [0.15, 0.2) is 0 Å². The number of hydrogen-bond acceptors (Lipinski definition) is 4. The SMILES string of the molecule is COC(C)Cn1ncc(N)cc1=O. The zero-order valence-corrected chi connectivity index (χ0v) is 7.73. The average Bonchev–Trinajstić information content (AvgIpc) is 2.09. The van der Waals surface area contributed by atoms with Gasteiger partial charge >= 0.3 is 0 Å². The van der Waals surface area contributed by atoms with Gasteiger partial charge in [-0.25, -0.2) is 4.68 Å². The molecular formula is C8H13N3O2. The summed E-state index contributed by atoms with van der Waals surface area (Å²) >= 11 is 0. The van der Waals surface area contributed by atoms with Crippen LogP contribution in [-0.4, -0.2) is 23.0 Å². The predicted octanol–water partition coefficient (Wildman–Crippen LogP) is -0.140. The number of anilines is 1. The van der Waals surface area contributed by atoms with Crippen LogP contribution in [0, 0.1) is 0 Å². The molecule has 1 atom stereocenters. The lowest BCUT2D eigenvalue weighted by molar-refractivity contribution is 0.0984. The van der Waals surface area contributed by atoms with Crippen LogP contribution in [0.3, 0.4) is 0 Å². The Morgan fingerprint density at radius 3 is 3.00 bits per heavy atom. The molecule has 0 amide bonds. The van der Waals surface area contributed by atoms with E-state index < -0.39 is 0 Å². The van der Waals surface area contributed by atoms with Crippen LogP contribution in [0.15, 0.2) is 17.1 Å². The second-order valence-electron chi connectivity index (χ2n) is 2.86. The van der Waals surface area contributed by atoms with Crippen molar-refractivity contribution in [3.8, 4) is 0 Å². The number of nitrogens with two attached hydrogens (primary N) is 1. The molecule has 72 valence electrons. The maximum atomic E-state index is 11.3. The standard InChI is InChI=1S/C8H13N3O2/c1-6(13-2)5-11-8(12)3-7(9)4-10-11/h3-4,6H,5,9H2,1-2H3. The minimum Gasteiger partial charge on any atom is -0.397 e. The Morgan fingerprint density at radius 1 is 1.77 bits per heavy atom. The van der Waals surface area contributed by atoms with Crippen molar-refractivity contribution in [3.63, 3.8) is 0 Å². The highest BCUT2D eigenvalue weighted by atomic mass is 16.5. The summed E-state index contributed by atoms with van der Waals surface area (Å²) in [5, 5.41) is 3.86. The Bertz CT molecular complexity index is 334. The first kappa shape index (κ1) is 9.73. The predicted molar refractivity (Wildman–Crippen MR) is 49.4 cm³/mol. The highest BCUT2D eigenvalue weighted by Crippen LogP contribution is 1.93. The number of nitrogens with zero attached hydrogens (tertiary/aromatic N) is 2. The minimum atomic E-state index is -0.205. The molecule has 0 radical (unpaired) electrons. The molecule has 0 fully saturated rings. The zero-order valence-electron chi connectivity index (χ0n) is 7.73. The third-order valence-electron chi connectivity index (χ3n) is 1.72. The number of ether oxygens (including phenoxy) is 1. The fraction of sp³-hybridized carbons (Fsp3) is 0.500. The van der Waals surface area contributed by atoms with Crippen molar-refractivity contribution in [1.82, 2.24) is 9.78 Å². The molecule has 0 spiro atoms. The van der Waals surface area contributed by atoms with Crippen LogP contribution in [0.1, 0.15) is 6.92 Å². The third kappa shape index (κ3) is 2.55. The van der Waals surface area contributed by atoms with Crippen molar-refractivity contribution in [2.75, 3.05) is 12.8 Å². The summed E-state index contributed by atoms with van der Waals surface area (Å²) in [4.78, 5) is 11.3. The first-order valence-corrected chi connectivity index (χ1v) is 3.99. The van der Waals surface area contributed by atoms with Crippen LogP contribution in [0.25, 0.3) is 0 Å². The molecule has 1 unspecified atom stereocenters. The van der Waals surface area contributed by atoms with Crippen molar-refractivity contribution in [2.24, 2.45) is 0 Å². The minimum absolute atomic E-state index is 0.0335. The first-order valence-electron chi connectivity index (χ1n) is 3.99. The summed E-state index contributed by atoms with van der Waals surface area (Å²) in [6.45, 7) is 2.31. The molecule has 0 saturated heterocycles. The van der Waals surface area contributed by atoms with Crippen LogP contribution in [0.4, 0.5) is 5.69 Å². The van der Waals surface area contributed by atoms with Gasteiger partial charge < -0.3 is 10.5 Å². The molecule has 0 aliphatic heterocycles. The molecule has 0 aliphatic rings. The highest BCUT2D eigenvalue weighted by Gasteiger charge is 2.03. The van der Waals surface area contributed by atoms with Gasteiger partial charge in [-0.1, -0.05) is 0 Å². The van der Waals surface area contributed by atoms with Gasteiger partial charge in [0.05, 0.1) is 24.5 Å². The Hall–Kier alpha value is -1.36. The molecular weight excluding hydrogens is 170 g/mol. The van der Waals surface area contributed by atoms with Gasteiger partial charge in [-0.15, -0.1) is 0 Å². The summed E-state index contributed by atoms with van der Waals surface area (Å²) in [6, 6.07) is 1.34. The van der Waals surface area contributed by atoms with Gasteiger partial charge in [-0.3, -0.25) is 4.79 Å². The van der Waals surface area contributed by atoms with E-state index in [2.05, 4.69) is 5.10 Å². The van der Waals surface area contributed by atoms with E-state index in [0.717, 1.165) is 0 Å². The normalized spacial score (nSPS) is 12.8. The molecule has 0 aromatic carbocycles. The monoisotopic (exact) mass is 183 g/mol. The Labute approximate surface area is 76.1 Å². The topological polar surface area (TPSA) is 70.1 Å². The van der Waals surface area contributed by atoms with Gasteiger partial charge in [-0.05, 0) is 6.92 Å². The van der Waals surface area contributed by atoms with E-state index in [9.17, 15) is 4.79 Å². The Kier molecular flexibility index (Phi) is 3.02. The fourth-order valence-electron chi connectivity index (χ4n) is 0.903. The summed E-state index contributed by atoms with van der Waals surface area (Å²) in [6.07, 6.45) is 1.41. The average molecular weight is 183 g/mol. The smallest absolute Gasteiger partial charge is 0.268 e. The van der Waals surface area contributed by atoms with Gasteiger partial charge in [0.1, 0.15) is 0 Å². The van der Waals surface area contributed by atoms with E-state index in [1.807, 2.05) is 6.92 Å². The largest absolute Gasteiger partial charge is 0.397 e.